The monoisotopic (exact) mass is 296 g/mol. The number of amides is 1. The van der Waals surface area contributed by atoms with E-state index in [1.54, 1.807) is 6.33 Å². The number of carbonyl (C=O) groups excluding carboxylic acids is 1. The molecule has 112 valence electrons. The van der Waals surface area contributed by atoms with Crippen molar-refractivity contribution in [3.05, 3.63) is 18.6 Å². The standard InChI is InChI=1S/C15H16N6O/c16-5-1-12(22)21-8-4-15(21)3-7-20(9-15)14-11-2-6-17-13(11)18-10-19-14/h2,6,10H,1,3-4,7-9H2,(H,17,18,19)/t15-/m1/s1. The van der Waals surface area contributed by atoms with E-state index >= 15 is 0 Å². The van der Waals surface area contributed by atoms with Crippen molar-refractivity contribution in [1.29, 1.82) is 5.26 Å². The third-order valence-corrected chi connectivity index (χ3v) is 4.87. The van der Waals surface area contributed by atoms with E-state index in [9.17, 15) is 4.79 Å². The van der Waals surface area contributed by atoms with Crippen molar-refractivity contribution in [2.45, 2.75) is 24.8 Å². The summed E-state index contributed by atoms with van der Waals surface area (Å²) in [5.74, 6) is 0.868. The van der Waals surface area contributed by atoms with Gasteiger partial charge in [-0.2, -0.15) is 5.26 Å². The summed E-state index contributed by atoms with van der Waals surface area (Å²) in [5, 5.41) is 9.74. The summed E-state index contributed by atoms with van der Waals surface area (Å²) in [6.45, 7) is 2.41. The highest BCUT2D eigenvalue weighted by Crippen LogP contribution is 2.41. The predicted molar refractivity (Wildman–Crippen MR) is 80.0 cm³/mol. The number of anilines is 1. The second-order valence-electron chi connectivity index (χ2n) is 5.96. The average molecular weight is 296 g/mol. The van der Waals surface area contributed by atoms with Crippen LogP contribution in [-0.4, -0.2) is 50.9 Å². The summed E-state index contributed by atoms with van der Waals surface area (Å²) in [6, 6.07) is 3.94. The van der Waals surface area contributed by atoms with Crippen LogP contribution in [0, 0.1) is 11.3 Å². The highest BCUT2D eigenvalue weighted by molar-refractivity contribution is 5.87. The van der Waals surface area contributed by atoms with Gasteiger partial charge < -0.3 is 14.8 Å². The molecule has 2 aliphatic heterocycles. The smallest absolute Gasteiger partial charge is 0.237 e. The van der Waals surface area contributed by atoms with E-state index in [2.05, 4.69) is 19.9 Å². The largest absolute Gasteiger partial charge is 0.354 e. The van der Waals surface area contributed by atoms with E-state index in [0.717, 1.165) is 49.3 Å². The van der Waals surface area contributed by atoms with Gasteiger partial charge in [0.2, 0.25) is 5.91 Å². The molecule has 4 heterocycles. The Balaban J connectivity index is 1.59. The number of nitrogens with one attached hydrogen (secondary N) is 1. The highest BCUT2D eigenvalue weighted by Gasteiger charge is 2.51. The molecule has 1 atom stereocenters. The van der Waals surface area contributed by atoms with E-state index in [4.69, 9.17) is 5.26 Å². The van der Waals surface area contributed by atoms with Crippen molar-refractivity contribution in [3.63, 3.8) is 0 Å². The van der Waals surface area contributed by atoms with Crippen LogP contribution in [0.25, 0.3) is 11.0 Å². The summed E-state index contributed by atoms with van der Waals surface area (Å²) < 4.78 is 0. The summed E-state index contributed by atoms with van der Waals surface area (Å²) in [7, 11) is 0. The number of rotatable bonds is 2. The Morgan fingerprint density at radius 2 is 2.27 bits per heavy atom. The highest BCUT2D eigenvalue weighted by atomic mass is 16.2. The molecule has 2 aliphatic rings. The summed E-state index contributed by atoms with van der Waals surface area (Å²) in [5.41, 5.74) is 0.721. The summed E-state index contributed by atoms with van der Waals surface area (Å²) in [6.07, 6.45) is 5.33. The van der Waals surface area contributed by atoms with Gasteiger partial charge in [0.25, 0.3) is 0 Å². The topological polar surface area (TPSA) is 88.9 Å². The number of carbonyl (C=O) groups is 1. The molecule has 22 heavy (non-hydrogen) atoms. The molecule has 2 saturated heterocycles. The number of nitriles is 1. The third-order valence-electron chi connectivity index (χ3n) is 4.87. The number of H-pyrrole nitrogens is 1. The Morgan fingerprint density at radius 3 is 3.05 bits per heavy atom. The van der Waals surface area contributed by atoms with Crippen molar-refractivity contribution < 1.29 is 4.79 Å². The van der Waals surface area contributed by atoms with Crippen molar-refractivity contribution in [1.82, 2.24) is 19.9 Å². The van der Waals surface area contributed by atoms with E-state index in [1.165, 1.54) is 0 Å². The van der Waals surface area contributed by atoms with Crippen LogP contribution in [0.15, 0.2) is 18.6 Å². The number of aromatic amines is 1. The Hall–Kier alpha value is -2.62. The third kappa shape index (κ3) is 1.77. The minimum Gasteiger partial charge on any atom is -0.354 e. The van der Waals surface area contributed by atoms with E-state index in [1.807, 2.05) is 23.2 Å². The molecule has 1 spiro atoms. The quantitative estimate of drug-likeness (QED) is 0.895. The van der Waals surface area contributed by atoms with Crippen LogP contribution in [0.2, 0.25) is 0 Å². The molecule has 0 aromatic carbocycles. The minimum atomic E-state index is -0.110. The fraction of sp³-hybridized carbons (Fsp3) is 0.467. The van der Waals surface area contributed by atoms with E-state index in [0.29, 0.717) is 0 Å². The van der Waals surface area contributed by atoms with Crippen LogP contribution in [-0.2, 0) is 4.79 Å². The van der Waals surface area contributed by atoms with Crippen molar-refractivity contribution in [3.8, 4) is 6.07 Å². The molecule has 7 nitrogen and oxygen atoms in total. The van der Waals surface area contributed by atoms with Gasteiger partial charge in [-0.3, -0.25) is 4.79 Å². The zero-order chi connectivity index (χ0) is 15.2. The number of fused-ring (bicyclic) bond motifs is 1. The predicted octanol–water partition coefficient (Wildman–Crippen LogP) is 1.05. The zero-order valence-electron chi connectivity index (χ0n) is 12.1. The summed E-state index contributed by atoms with van der Waals surface area (Å²) >= 11 is 0. The first-order valence-electron chi connectivity index (χ1n) is 7.44. The number of hydrogen-bond donors (Lipinski definition) is 1. The van der Waals surface area contributed by atoms with Crippen LogP contribution in [0.3, 0.4) is 0 Å². The van der Waals surface area contributed by atoms with Crippen LogP contribution < -0.4 is 4.90 Å². The lowest BCUT2D eigenvalue weighted by atomic mass is 9.83. The molecule has 4 rings (SSSR count). The maximum absolute atomic E-state index is 12.1. The van der Waals surface area contributed by atoms with Crippen LogP contribution >= 0.6 is 0 Å². The zero-order valence-corrected chi connectivity index (χ0v) is 12.1. The second kappa shape index (κ2) is 4.70. The Kier molecular flexibility index (Phi) is 2.79. The average Bonchev–Trinajstić information content (AvgIpc) is 3.14. The maximum atomic E-state index is 12.1. The van der Waals surface area contributed by atoms with E-state index < -0.39 is 0 Å². The fourth-order valence-corrected chi connectivity index (χ4v) is 3.66. The molecular weight excluding hydrogens is 280 g/mol. The Morgan fingerprint density at radius 1 is 1.41 bits per heavy atom. The van der Waals surface area contributed by atoms with Gasteiger partial charge in [-0.25, -0.2) is 9.97 Å². The number of nitrogens with zero attached hydrogens (tertiary/aromatic N) is 5. The second-order valence-corrected chi connectivity index (χ2v) is 5.96. The van der Waals surface area contributed by atoms with Gasteiger partial charge in [0.05, 0.1) is 17.0 Å². The van der Waals surface area contributed by atoms with Gasteiger partial charge >= 0.3 is 0 Å². The number of hydrogen-bond acceptors (Lipinski definition) is 5. The van der Waals surface area contributed by atoms with Crippen molar-refractivity contribution in [2.24, 2.45) is 0 Å². The molecule has 0 radical (unpaired) electrons. The molecule has 7 heteroatoms. The first kappa shape index (κ1) is 13.1. The molecule has 2 aromatic rings. The van der Waals surface area contributed by atoms with Gasteiger partial charge in [-0.1, -0.05) is 0 Å². The first-order chi connectivity index (χ1) is 10.7. The number of likely N-dealkylation sites (tertiary alicyclic amines) is 1. The van der Waals surface area contributed by atoms with Crippen LogP contribution in [0.4, 0.5) is 5.82 Å². The van der Waals surface area contributed by atoms with E-state index in [-0.39, 0.29) is 17.9 Å². The van der Waals surface area contributed by atoms with Crippen molar-refractivity contribution in [2.75, 3.05) is 24.5 Å². The van der Waals surface area contributed by atoms with Gasteiger partial charge in [-0.05, 0) is 18.9 Å². The maximum Gasteiger partial charge on any atom is 0.237 e. The molecule has 0 bridgehead atoms. The van der Waals surface area contributed by atoms with Gasteiger partial charge in [0.15, 0.2) is 0 Å². The first-order valence-corrected chi connectivity index (χ1v) is 7.44. The normalized spacial score (nSPS) is 23.8. The lowest BCUT2D eigenvalue weighted by Crippen LogP contribution is -2.63. The lowest BCUT2D eigenvalue weighted by Gasteiger charge is -2.50. The van der Waals surface area contributed by atoms with Crippen LogP contribution in [0.5, 0.6) is 0 Å². The molecule has 2 fully saturated rings. The summed E-state index contributed by atoms with van der Waals surface area (Å²) in [4.78, 5) is 27.9. The molecule has 2 aromatic heterocycles. The van der Waals surface area contributed by atoms with Gasteiger partial charge in [0.1, 0.15) is 24.2 Å². The molecule has 1 N–H and O–H groups in total. The SMILES string of the molecule is N#CCC(=O)N1CC[C@@]12CCN(c1ncnc3[nH]ccc13)C2. The minimum absolute atomic E-state index is 0.0304. The molecule has 0 unspecified atom stereocenters. The molecule has 1 amide bonds. The fourth-order valence-electron chi connectivity index (χ4n) is 3.66. The van der Waals surface area contributed by atoms with Gasteiger partial charge in [0, 0.05) is 25.8 Å². The van der Waals surface area contributed by atoms with Gasteiger partial charge in [-0.15, -0.1) is 0 Å². The molecular formula is C15H16N6O. The van der Waals surface area contributed by atoms with Crippen LogP contribution in [0.1, 0.15) is 19.3 Å². The molecule has 0 aliphatic carbocycles. The van der Waals surface area contributed by atoms with Crippen molar-refractivity contribution >= 4 is 22.8 Å². The Labute approximate surface area is 127 Å². The number of aromatic nitrogens is 3. The lowest BCUT2D eigenvalue weighted by molar-refractivity contribution is -0.144. The Bertz CT molecular complexity index is 778. The molecule has 0 saturated carbocycles.